The van der Waals surface area contributed by atoms with Gasteiger partial charge in [0, 0.05) is 17.7 Å². The lowest BCUT2D eigenvalue weighted by Gasteiger charge is -2.12. The molecule has 4 aromatic rings. The lowest BCUT2D eigenvalue weighted by Crippen LogP contribution is -2.08. The zero-order valence-electron chi connectivity index (χ0n) is 16.5. The van der Waals surface area contributed by atoms with Crippen LogP contribution in [0.5, 0.6) is 0 Å². The standard InChI is InChI=1S/C25H25N3/c1-17-13-14-23(18(2)16-17)28-25-22(11-5-6-15-26-25)24(27-28)21-12-7-9-19-8-3-4-10-20(19)21/h3-4,7-10,12-14,16,26H,5-6,11,15H2,1-2H3. The number of nitrogens with zero attached hydrogens (tertiary/aromatic N) is 2. The number of anilines is 1. The lowest BCUT2D eigenvalue weighted by atomic mass is 9.98. The van der Waals surface area contributed by atoms with Crippen LogP contribution in [0.25, 0.3) is 27.7 Å². The van der Waals surface area contributed by atoms with Crippen LogP contribution in [0, 0.1) is 13.8 Å². The molecule has 0 amide bonds. The molecule has 1 N–H and O–H groups in total. The molecular formula is C25H25N3. The van der Waals surface area contributed by atoms with Crippen molar-refractivity contribution in [3.8, 4) is 16.9 Å². The first-order valence-corrected chi connectivity index (χ1v) is 10.1. The molecule has 0 unspecified atom stereocenters. The molecule has 0 aliphatic carbocycles. The molecular weight excluding hydrogens is 342 g/mol. The topological polar surface area (TPSA) is 29.9 Å². The van der Waals surface area contributed by atoms with Gasteiger partial charge in [-0.05, 0) is 55.5 Å². The Morgan fingerprint density at radius 3 is 2.68 bits per heavy atom. The maximum Gasteiger partial charge on any atom is 0.133 e. The summed E-state index contributed by atoms with van der Waals surface area (Å²) in [5, 5.41) is 11.4. The number of hydrogen-bond donors (Lipinski definition) is 1. The van der Waals surface area contributed by atoms with Gasteiger partial charge in [-0.2, -0.15) is 5.10 Å². The van der Waals surface area contributed by atoms with Gasteiger partial charge in [0.1, 0.15) is 5.82 Å². The quantitative estimate of drug-likeness (QED) is 0.467. The number of fused-ring (bicyclic) bond motifs is 2. The summed E-state index contributed by atoms with van der Waals surface area (Å²) in [5.41, 5.74) is 7.36. The van der Waals surface area contributed by atoms with Crippen LogP contribution in [0.3, 0.4) is 0 Å². The number of benzene rings is 3. The maximum atomic E-state index is 5.17. The van der Waals surface area contributed by atoms with Crippen molar-refractivity contribution in [3.05, 3.63) is 77.4 Å². The van der Waals surface area contributed by atoms with Crippen LogP contribution in [0.15, 0.2) is 60.7 Å². The molecule has 3 nitrogen and oxygen atoms in total. The van der Waals surface area contributed by atoms with Crippen molar-refractivity contribution in [2.45, 2.75) is 33.1 Å². The highest BCUT2D eigenvalue weighted by atomic mass is 15.3. The van der Waals surface area contributed by atoms with E-state index in [2.05, 4.69) is 84.5 Å². The average molecular weight is 367 g/mol. The minimum Gasteiger partial charge on any atom is -0.370 e. The van der Waals surface area contributed by atoms with Gasteiger partial charge in [-0.1, -0.05) is 60.2 Å². The van der Waals surface area contributed by atoms with Crippen LogP contribution in [0.2, 0.25) is 0 Å². The third-order valence-electron chi connectivity index (χ3n) is 5.75. The Labute approximate surface area is 166 Å². The van der Waals surface area contributed by atoms with E-state index >= 15 is 0 Å². The summed E-state index contributed by atoms with van der Waals surface area (Å²) in [6, 6.07) is 21.7. The first-order valence-electron chi connectivity index (χ1n) is 10.1. The zero-order chi connectivity index (χ0) is 19.1. The Bertz CT molecular complexity index is 1160. The summed E-state index contributed by atoms with van der Waals surface area (Å²) in [7, 11) is 0. The summed E-state index contributed by atoms with van der Waals surface area (Å²) in [6.07, 6.45) is 3.44. The fourth-order valence-corrected chi connectivity index (χ4v) is 4.37. The molecule has 0 atom stereocenters. The predicted octanol–water partition coefficient (Wildman–Crippen LogP) is 6.06. The summed E-state index contributed by atoms with van der Waals surface area (Å²) < 4.78 is 2.13. The molecule has 3 aromatic carbocycles. The van der Waals surface area contributed by atoms with Crippen LogP contribution in [0.1, 0.15) is 29.5 Å². The van der Waals surface area contributed by atoms with Crippen LogP contribution in [-0.2, 0) is 6.42 Å². The van der Waals surface area contributed by atoms with Gasteiger partial charge < -0.3 is 5.32 Å². The molecule has 1 aliphatic rings. The number of hydrogen-bond acceptors (Lipinski definition) is 2. The van der Waals surface area contributed by atoms with Crippen LogP contribution >= 0.6 is 0 Å². The lowest BCUT2D eigenvalue weighted by molar-refractivity contribution is 0.780. The van der Waals surface area contributed by atoms with E-state index in [1.165, 1.54) is 45.9 Å². The molecule has 0 bridgehead atoms. The Hall–Kier alpha value is -3.07. The van der Waals surface area contributed by atoms with E-state index in [1.54, 1.807) is 0 Å². The smallest absolute Gasteiger partial charge is 0.133 e. The fraction of sp³-hybridized carbons (Fsp3) is 0.240. The number of aromatic nitrogens is 2. The van der Waals surface area contributed by atoms with Gasteiger partial charge in [-0.3, -0.25) is 0 Å². The molecule has 28 heavy (non-hydrogen) atoms. The van der Waals surface area contributed by atoms with Crippen LogP contribution < -0.4 is 5.32 Å². The molecule has 5 rings (SSSR count). The number of nitrogens with one attached hydrogen (secondary N) is 1. The van der Waals surface area contributed by atoms with E-state index < -0.39 is 0 Å². The summed E-state index contributed by atoms with van der Waals surface area (Å²) in [5.74, 6) is 1.16. The minimum absolute atomic E-state index is 0.999. The van der Waals surface area contributed by atoms with Crippen molar-refractivity contribution in [1.82, 2.24) is 9.78 Å². The monoisotopic (exact) mass is 367 g/mol. The normalized spacial score (nSPS) is 13.8. The molecule has 3 heteroatoms. The van der Waals surface area contributed by atoms with Gasteiger partial charge in [-0.25, -0.2) is 4.68 Å². The largest absolute Gasteiger partial charge is 0.370 e. The molecule has 140 valence electrons. The van der Waals surface area contributed by atoms with Crippen molar-refractivity contribution in [1.29, 1.82) is 0 Å². The molecule has 1 aliphatic heterocycles. The Balaban J connectivity index is 1.78. The Kier molecular flexibility index (Phi) is 4.16. The molecule has 0 radical (unpaired) electrons. The number of aryl methyl sites for hydroxylation is 2. The Morgan fingerprint density at radius 1 is 0.929 bits per heavy atom. The van der Waals surface area contributed by atoms with E-state index in [-0.39, 0.29) is 0 Å². The van der Waals surface area contributed by atoms with Crippen LogP contribution in [0.4, 0.5) is 5.82 Å². The van der Waals surface area contributed by atoms with Gasteiger partial charge in [0.25, 0.3) is 0 Å². The highest BCUT2D eigenvalue weighted by Gasteiger charge is 2.23. The van der Waals surface area contributed by atoms with Gasteiger partial charge >= 0.3 is 0 Å². The first kappa shape index (κ1) is 17.1. The van der Waals surface area contributed by atoms with Gasteiger partial charge in [0.05, 0.1) is 11.4 Å². The number of rotatable bonds is 2. The molecule has 0 fully saturated rings. The van der Waals surface area contributed by atoms with Gasteiger partial charge in [0.15, 0.2) is 0 Å². The fourth-order valence-electron chi connectivity index (χ4n) is 4.37. The first-order chi connectivity index (χ1) is 13.7. The van der Waals surface area contributed by atoms with E-state index in [4.69, 9.17) is 5.10 Å². The highest BCUT2D eigenvalue weighted by molar-refractivity contribution is 5.97. The molecule has 0 spiro atoms. The van der Waals surface area contributed by atoms with Gasteiger partial charge in [-0.15, -0.1) is 0 Å². The van der Waals surface area contributed by atoms with E-state index in [0.29, 0.717) is 0 Å². The molecule has 0 saturated heterocycles. The van der Waals surface area contributed by atoms with E-state index in [1.807, 2.05) is 0 Å². The SMILES string of the molecule is Cc1ccc(-n2nc(-c3cccc4ccccc34)c3c2NCCCC3)c(C)c1. The predicted molar refractivity (Wildman–Crippen MR) is 117 cm³/mol. The van der Waals surface area contributed by atoms with Crippen molar-refractivity contribution < 1.29 is 0 Å². The van der Waals surface area contributed by atoms with E-state index in [9.17, 15) is 0 Å². The second-order valence-corrected chi connectivity index (χ2v) is 7.79. The second kappa shape index (κ2) is 6.83. The second-order valence-electron chi connectivity index (χ2n) is 7.79. The summed E-state index contributed by atoms with van der Waals surface area (Å²) >= 11 is 0. The van der Waals surface area contributed by atoms with Crippen molar-refractivity contribution >= 4 is 16.6 Å². The van der Waals surface area contributed by atoms with Crippen molar-refractivity contribution in [2.75, 3.05) is 11.9 Å². The molecule has 1 aromatic heterocycles. The van der Waals surface area contributed by atoms with Gasteiger partial charge in [0.2, 0.25) is 0 Å². The Morgan fingerprint density at radius 2 is 1.79 bits per heavy atom. The highest BCUT2D eigenvalue weighted by Crippen LogP contribution is 2.37. The van der Waals surface area contributed by atoms with Crippen molar-refractivity contribution in [3.63, 3.8) is 0 Å². The molecule has 2 heterocycles. The van der Waals surface area contributed by atoms with Crippen molar-refractivity contribution in [2.24, 2.45) is 0 Å². The summed E-state index contributed by atoms with van der Waals surface area (Å²) in [6.45, 7) is 5.31. The molecule has 0 saturated carbocycles. The maximum absolute atomic E-state index is 5.17. The third-order valence-corrected chi connectivity index (χ3v) is 5.75. The van der Waals surface area contributed by atoms with E-state index in [0.717, 1.165) is 30.2 Å². The third kappa shape index (κ3) is 2.78. The zero-order valence-corrected chi connectivity index (χ0v) is 16.5. The average Bonchev–Trinajstić information content (AvgIpc) is 2.88. The van der Waals surface area contributed by atoms with Crippen LogP contribution in [-0.4, -0.2) is 16.3 Å². The summed E-state index contributed by atoms with van der Waals surface area (Å²) in [4.78, 5) is 0. The minimum atomic E-state index is 0.999.